The van der Waals surface area contributed by atoms with Crippen molar-refractivity contribution in [2.24, 2.45) is 0 Å². The monoisotopic (exact) mass is 547 g/mol. The number of rotatable bonds is 9. The molecule has 4 aromatic carbocycles. The lowest BCUT2D eigenvalue weighted by Gasteiger charge is -2.43. The van der Waals surface area contributed by atoms with Gasteiger partial charge in [-0.15, -0.1) is 0 Å². The van der Waals surface area contributed by atoms with Gasteiger partial charge in [0.05, 0.1) is 17.0 Å². The summed E-state index contributed by atoms with van der Waals surface area (Å²) in [5.41, 5.74) is 1.26. The second-order valence-electron chi connectivity index (χ2n) is 10.9. The fourth-order valence-corrected chi connectivity index (χ4v) is 8.10. The molecule has 0 radical (unpaired) electrons. The van der Waals surface area contributed by atoms with E-state index >= 15 is 0 Å². The van der Waals surface area contributed by atoms with Gasteiger partial charge in [-0.3, -0.25) is 0 Å². The van der Waals surface area contributed by atoms with Gasteiger partial charge in [-0.2, -0.15) is 0 Å². The molecule has 2 N–H and O–H groups in total. The van der Waals surface area contributed by atoms with Crippen molar-refractivity contribution in [3.05, 3.63) is 113 Å². The maximum atomic E-state index is 14.1. The molecular weight excluding hydrogens is 510 g/mol. The highest BCUT2D eigenvalue weighted by molar-refractivity contribution is 7.89. The molecule has 200 valence electrons. The molecule has 0 aliphatic carbocycles. The Morgan fingerprint density at radius 1 is 0.789 bits per heavy atom. The molecule has 4 aromatic rings. The summed E-state index contributed by atoms with van der Waals surface area (Å²) in [6.07, 6.45) is -0.643. The summed E-state index contributed by atoms with van der Waals surface area (Å²) in [5, 5.41) is 14.3. The van der Waals surface area contributed by atoms with Crippen LogP contribution >= 0.6 is 0 Å². The number of sulfonamides is 1. The Kier molecular flexibility index (Phi) is 7.98. The molecule has 2 unspecified atom stereocenters. The fraction of sp³-hybridized carbons (Fsp3) is 0.290. The van der Waals surface area contributed by atoms with Gasteiger partial charge in [0.25, 0.3) is 0 Å². The highest BCUT2D eigenvalue weighted by Crippen LogP contribution is 2.40. The molecule has 0 spiro atoms. The van der Waals surface area contributed by atoms with Crippen molar-refractivity contribution in [2.75, 3.05) is 0 Å². The van der Waals surface area contributed by atoms with Crippen molar-refractivity contribution in [2.45, 2.75) is 63.1 Å². The number of benzene rings is 4. The molecule has 0 bridgehead atoms. The van der Waals surface area contributed by atoms with Crippen LogP contribution in [0.25, 0.3) is 10.8 Å². The number of nitrogens with one attached hydrogen (secondary N) is 1. The van der Waals surface area contributed by atoms with E-state index in [0.717, 1.165) is 16.5 Å². The standard InChI is InChI=1S/C31H37NO4SSi/c1-22-14-7-11-19-27(22)31(33,28-20-12-8-15-23(28)2)30(24(3)36-38(4,5)6)32-37(34,35)29-21-13-17-25-16-9-10-18-26(25)29/h7-21,24,30,32-33H,1-6H3. The van der Waals surface area contributed by atoms with E-state index in [9.17, 15) is 13.5 Å². The number of hydrogen-bond acceptors (Lipinski definition) is 4. The molecule has 4 rings (SSSR count). The van der Waals surface area contributed by atoms with Crippen LogP contribution < -0.4 is 4.72 Å². The van der Waals surface area contributed by atoms with Gasteiger partial charge in [0.2, 0.25) is 10.0 Å². The van der Waals surface area contributed by atoms with E-state index in [0.29, 0.717) is 16.5 Å². The van der Waals surface area contributed by atoms with Crippen LogP contribution in [0, 0.1) is 13.8 Å². The van der Waals surface area contributed by atoms with Gasteiger partial charge in [-0.25, -0.2) is 13.1 Å². The Balaban J connectivity index is 1.97. The van der Waals surface area contributed by atoms with E-state index < -0.39 is 36.1 Å². The molecule has 0 aliphatic heterocycles. The third-order valence-electron chi connectivity index (χ3n) is 6.89. The van der Waals surface area contributed by atoms with Crippen molar-refractivity contribution >= 4 is 29.1 Å². The summed E-state index contributed by atoms with van der Waals surface area (Å²) < 4.78 is 37.7. The van der Waals surface area contributed by atoms with Crippen LogP contribution in [0.2, 0.25) is 19.6 Å². The van der Waals surface area contributed by atoms with E-state index in [2.05, 4.69) is 24.4 Å². The molecule has 7 heteroatoms. The topological polar surface area (TPSA) is 75.6 Å². The average molecular weight is 548 g/mol. The zero-order valence-electron chi connectivity index (χ0n) is 22.9. The maximum absolute atomic E-state index is 14.1. The van der Waals surface area contributed by atoms with Crippen LogP contribution in [0.1, 0.15) is 29.2 Å². The fourth-order valence-electron chi connectivity index (χ4n) is 5.29. The number of aliphatic hydroxyl groups is 1. The van der Waals surface area contributed by atoms with Gasteiger partial charge in [0, 0.05) is 5.39 Å². The average Bonchev–Trinajstić information content (AvgIpc) is 2.86. The summed E-state index contributed by atoms with van der Waals surface area (Å²) in [5.74, 6) is 0. The zero-order valence-corrected chi connectivity index (χ0v) is 24.7. The second-order valence-corrected chi connectivity index (χ2v) is 17.1. The Bertz CT molecular complexity index is 1490. The van der Waals surface area contributed by atoms with Gasteiger partial charge >= 0.3 is 0 Å². The highest BCUT2D eigenvalue weighted by atomic mass is 32.2. The first-order valence-corrected chi connectivity index (χ1v) is 17.8. The summed E-state index contributed by atoms with van der Waals surface area (Å²) >= 11 is 0. The van der Waals surface area contributed by atoms with Crippen LogP contribution in [0.15, 0.2) is 95.9 Å². The van der Waals surface area contributed by atoms with Crippen LogP contribution in [0.4, 0.5) is 0 Å². The van der Waals surface area contributed by atoms with E-state index in [1.54, 1.807) is 18.2 Å². The van der Waals surface area contributed by atoms with E-state index in [1.165, 1.54) is 0 Å². The predicted octanol–water partition coefficient (Wildman–Crippen LogP) is 6.28. The molecule has 0 saturated heterocycles. The smallest absolute Gasteiger partial charge is 0.241 e. The zero-order chi connectivity index (χ0) is 27.7. The van der Waals surface area contributed by atoms with Gasteiger partial charge in [0.1, 0.15) is 5.60 Å². The lowest BCUT2D eigenvalue weighted by molar-refractivity contribution is -0.00181. The molecule has 0 aliphatic rings. The van der Waals surface area contributed by atoms with E-state index in [-0.39, 0.29) is 4.90 Å². The third kappa shape index (κ3) is 5.62. The molecule has 0 aromatic heterocycles. The lowest BCUT2D eigenvalue weighted by atomic mass is 9.75. The number of aryl methyl sites for hydroxylation is 2. The first-order valence-electron chi connectivity index (χ1n) is 12.9. The lowest BCUT2D eigenvalue weighted by Crippen LogP contribution is -2.59. The molecule has 2 atom stereocenters. The van der Waals surface area contributed by atoms with Gasteiger partial charge in [0.15, 0.2) is 8.32 Å². The van der Waals surface area contributed by atoms with Crippen molar-refractivity contribution in [3.63, 3.8) is 0 Å². The van der Waals surface area contributed by atoms with Crippen molar-refractivity contribution in [3.8, 4) is 0 Å². The normalized spacial score (nSPS) is 14.4. The van der Waals surface area contributed by atoms with Crippen molar-refractivity contribution in [1.82, 2.24) is 4.72 Å². The maximum Gasteiger partial charge on any atom is 0.241 e. The molecule has 0 amide bonds. The Labute approximate surface area is 227 Å². The first kappa shape index (κ1) is 28.2. The van der Waals surface area contributed by atoms with Gasteiger partial charge in [-0.1, -0.05) is 84.9 Å². The van der Waals surface area contributed by atoms with E-state index in [4.69, 9.17) is 4.43 Å². The first-order chi connectivity index (χ1) is 17.8. The van der Waals surface area contributed by atoms with Gasteiger partial charge in [-0.05, 0) is 74.1 Å². The Morgan fingerprint density at radius 3 is 1.84 bits per heavy atom. The van der Waals surface area contributed by atoms with Crippen LogP contribution in [-0.2, 0) is 20.1 Å². The third-order valence-corrected chi connectivity index (χ3v) is 9.47. The summed E-state index contributed by atoms with van der Waals surface area (Å²) in [7, 11) is -6.22. The molecular formula is C31H37NO4SSi. The summed E-state index contributed by atoms with van der Waals surface area (Å²) in [6.45, 7) is 11.9. The SMILES string of the molecule is Cc1ccccc1C(O)(c1ccccc1C)C(NS(=O)(=O)c1cccc2ccccc12)C(C)O[Si](C)(C)C. The number of hydrogen-bond donors (Lipinski definition) is 2. The highest BCUT2D eigenvalue weighted by Gasteiger charge is 2.48. The molecule has 0 saturated carbocycles. The predicted molar refractivity (Wildman–Crippen MR) is 157 cm³/mol. The van der Waals surface area contributed by atoms with Crippen molar-refractivity contribution in [1.29, 1.82) is 0 Å². The Morgan fingerprint density at radius 2 is 1.29 bits per heavy atom. The van der Waals surface area contributed by atoms with Crippen LogP contribution in [0.5, 0.6) is 0 Å². The second kappa shape index (κ2) is 10.7. The Hall–Kier alpha value is -2.81. The van der Waals surface area contributed by atoms with Crippen molar-refractivity contribution < 1.29 is 18.0 Å². The molecule has 0 heterocycles. The summed E-state index contributed by atoms with van der Waals surface area (Å²) in [4.78, 5) is 0.165. The number of fused-ring (bicyclic) bond motifs is 1. The quantitative estimate of drug-likeness (QED) is 0.242. The molecule has 38 heavy (non-hydrogen) atoms. The van der Waals surface area contributed by atoms with Crippen LogP contribution in [0.3, 0.4) is 0 Å². The van der Waals surface area contributed by atoms with Gasteiger partial charge < -0.3 is 9.53 Å². The minimum Gasteiger partial charge on any atom is -0.413 e. The van der Waals surface area contributed by atoms with Crippen LogP contribution in [-0.4, -0.2) is 34.0 Å². The molecule has 5 nitrogen and oxygen atoms in total. The van der Waals surface area contributed by atoms with E-state index in [1.807, 2.05) is 93.6 Å². The molecule has 0 fully saturated rings. The summed E-state index contributed by atoms with van der Waals surface area (Å²) in [6, 6.07) is 26.7. The largest absolute Gasteiger partial charge is 0.413 e. The minimum absolute atomic E-state index is 0.165. The minimum atomic E-state index is -4.09.